The van der Waals surface area contributed by atoms with Gasteiger partial charge in [0.15, 0.2) is 0 Å². The van der Waals surface area contributed by atoms with Gasteiger partial charge in [-0.2, -0.15) is 0 Å². The lowest BCUT2D eigenvalue weighted by molar-refractivity contribution is -0.139. The average molecular weight is 250 g/mol. The van der Waals surface area contributed by atoms with Gasteiger partial charge in [0, 0.05) is 19.6 Å². The summed E-state index contributed by atoms with van der Waals surface area (Å²) in [7, 11) is 0. The molecule has 1 fully saturated rings. The number of hydrogen-bond donors (Lipinski definition) is 4. The van der Waals surface area contributed by atoms with Gasteiger partial charge in [0.05, 0.1) is 18.1 Å². The van der Waals surface area contributed by atoms with Gasteiger partial charge in [-0.25, -0.2) is 0 Å². The number of hydrogen-bond acceptors (Lipinski definition) is 4. The molecule has 2 rings (SSSR count). The number of carboxylic acids is 1. The van der Waals surface area contributed by atoms with Crippen LogP contribution in [-0.4, -0.2) is 41.4 Å². The molecule has 1 atom stereocenters. The molecule has 0 radical (unpaired) electrons. The van der Waals surface area contributed by atoms with Gasteiger partial charge in [0.25, 0.3) is 0 Å². The summed E-state index contributed by atoms with van der Waals surface area (Å²) in [6.45, 7) is 1.61. The maximum absolute atomic E-state index is 10.8. The standard InChI is InChI=1S/C13H18N2O3/c16-11(10-4-2-1-3-5-10)7-15-13(6-12(17)18)8-14-9-13/h1-5,11,14-16H,6-9H2,(H,17,18). The number of aliphatic carboxylic acids is 1. The summed E-state index contributed by atoms with van der Waals surface area (Å²) < 4.78 is 0. The van der Waals surface area contributed by atoms with Crippen LogP contribution in [0, 0.1) is 0 Å². The van der Waals surface area contributed by atoms with E-state index in [2.05, 4.69) is 10.6 Å². The summed E-state index contributed by atoms with van der Waals surface area (Å²) >= 11 is 0. The van der Waals surface area contributed by atoms with E-state index in [1.165, 1.54) is 0 Å². The van der Waals surface area contributed by atoms with Crippen molar-refractivity contribution in [1.82, 2.24) is 10.6 Å². The molecule has 1 saturated heterocycles. The van der Waals surface area contributed by atoms with Gasteiger partial charge < -0.3 is 20.8 Å². The van der Waals surface area contributed by atoms with Gasteiger partial charge in [-0.05, 0) is 5.56 Å². The van der Waals surface area contributed by atoms with E-state index in [0.29, 0.717) is 19.6 Å². The topological polar surface area (TPSA) is 81.6 Å². The van der Waals surface area contributed by atoms with Crippen molar-refractivity contribution in [2.24, 2.45) is 0 Å². The number of carbonyl (C=O) groups is 1. The van der Waals surface area contributed by atoms with Crippen molar-refractivity contribution in [2.75, 3.05) is 19.6 Å². The lowest BCUT2D eigenvalue weighted by Gasteiger charge is -2.43. The molecule has 0 bridgehead atoms. The van der Waals surface area contributed by atoms with Gasteiger partial charge in [0.2, 0.25) is 0 Å². The summed E-state index contributed by atoms with van der Waals surface area (Å²) in [6, 6.07) is 9.35. The highest BCUT2D eigenvalue weighted by molar-refractivity contribution is 5.68. The zero-order valence-corrected chi connectivity index (χ0v) is 10.1. The molecule has 1 aromatic carbocycles. The van der Waals surface area contributed by atoms with E-state index in [-0.39, 0.29) is 6.42 Å². The van der Waals surface area contributed by atoms with Crippen molar-refractivity contribution in [3.63, 3.8) is 0 Å². The van der Waals surface area contributed by atoms with Crippen molar-refractivity contribution in [3.05, 3.63) is 35.9 Å². The summed E-state index contributed by atoms with van der Waals surface area (Å²) in [6.07, 6.45) is -0.543. The Morgan fingerprint density at radius 2 is 2.06 bits per heavy atom. The van der Waals surface area contributed by atoms with E-state index in [9.17, 15) is 9.90 Å². The minimum atomic E-state index is -0.821. The van der Waals surface area contributed by atoms with Crippen LogP contribution in [0.4, 0.5) is 0 Å². The van der Waals surface area contributed by atoms with Gasteiger partial charge in [-0.15, -0.1) is 0 Å². The van der Waals surface area contributed by atoms with Crippen LogP contribution in [0.1, 0.15) is 18.1 Å². The molecular weight excluding hydrogens is 232 g/mol. The zero-order chi connectivity index (χ0) is 13.0. The number of aliphatic hydroxyl groups excluding tert-OH is 1. The molecule has 0 spiro atoms. The van der Waals surface area contributed by atoms with Crippen molar-refractivity contribution in [1.29, 1.82) is 0 Å². The highest BCUT2D eigenvalue weighted by Gasteiger charge is 2.38. The Bertz CT molecular complexity index is 404. The number of aliphatic hydroxyl groups is 1. The molecule has 5 heteroatoms. The molecule has 0 aromatic heterocycles. The lowest BCUT2D eigenvalue weighted by Crippen LogP contribution is -2.68. The molecule has 18 heavy (non-hydrogen) atoms. The lowest BCUT2D eigenvalue weighted by atomic mass is 9.88. The molecule has 0 amide bonds. The molecular formula is C13H18N2O3. The molecule has 98 valence electrons. The van der Waals surface area contributed by atoms with E-state index in [1.807, 2.05) is 30.3 Å². The molecule has 1 aromatic rings. The van der Waals surface area contributed by atoms with E-state index in [0.717, 1.165) is 5.56 Å². The Balaban J connectivity index is 1.88. The monoisotopic (exact) mass is 250 g/mol. The Labute approximate surface area is 106 Å². The predicted molar refractivity (Wildman–Crippen MR) is 67.3 cm³/mol. The minimum absolute atomic E-state index is 0.0709. The molecule has 5 nitrogen and oxygen atoms in total. The maximum atomic E-state index is 10.8. The van der Waals surface area contributed by atoms with E-state index in [4.69, 9.17) is 5.11 Å². The number of rotatable bonds is 6. The van der Waals surface area contributed by atoms with E-state index < -0.39 is 17.6 Å². The second kappa shape index (κ2) is 5.48. The summed E-state index contributed by atoms with van der Waals surface area (Å²) in [5.74, 6) is -0.821. The molecule has 1 aliphatic heterocycles. The smallest absolute Gasteiger partial charge is 0.305 e. The number of nitrogens with one attached hydrogen (secondary N) is 2. The fourth-order valence-corrected chi connectivity index (χ4v) is 2.13. The fourth-order valence-electron chi connectivity index (χ4n) is 2.13. The second-order valence-electron chi connectivity index (χ2n) is 4.76. The molecule has 0 aliphatic carbocycles. The minimum Gasteiger partial charge on any atom is -0.481 e. The second-order valence-corrected chi connectivity index (χ2v) is 4.76. The van der Waals surface area contributed by atoms with Gasteiger partial charge >= 0.3 is 5.97 Å². The third-order valence-electron chi connectivity index (χ3n) is 3.27. The summed E-state index contributed by atoms with van der Waals surface area (Å²) in [5.41, 5.74) is 0.421. The average Bonchev–Trinajstić information content (AvgIpc) is 2.32. The van der Waals surface area contributed by atoms with Crippen LogP contribution in [0.25, 0.3) is 0 Å². The highest BCUT2D eigenvalue weighted by atomic mass is 16.4. The molecule has 1 aliphatic rings. The number of β-amino-alcohol motifs (C(OH)–C–C–N with tert-alkyl or cyclic N) is 1. The fraction of sp³-hybridized carbons (Fsp3) is 0.462. The molecule has 1 unspecified atom stereocenters. The van der Waals surface area contributed by atoms with Crippen LogP contribution < -0.4 is 10.6 Å². The Kier molecular flexibility index (Phi) is 3.96. The first kappa shape index (κ1) is 13.0. The quantitative estimate of drug-likeness (QED) is 0.577. The Morgan fingerprint density at radius 3 is 2.56 bits per heavy atom. The van der Waals surface area contributed by atoms with Gasteiger partial charge in [-0.1, -0.05) is 30.3 Å². The Morgan fingerprint density at radius 1 is 1.39 bits per heavy atom. The first-order valence-electron chi connectivity index (χ1n) is 6.02. The summed E-state index contributed by atoms with van der Waals surface area (Å²) in [4.78, 5) is 10.8. The zero-order valence-electron chi connectivity index (χ0n) is 10.1. The third-order valence-corrected chi connectivity index (χ3v) is 3.27. The maximum Gasteiger partial charge on any atom is 0.305 e. The number of benzene rings is 1. The first-order chi connectivity index (χ1) is 8.61. The van der Waals surface area contributed by atoms with Crippen molar-refractivity contribution >= 4 is 5.97 Å². The largest absolute Gasteiger partial charge is 0.481 e. The highest BCUT2D eigenvalue weighted by Crippen LogP contribution is 2.18. The van der Waals surface area contributed by atoms with E-state index in [1.54, 1.807) is 0 Å². The van der Waals surface area contributed by atoms with Crippen LogP contribution in [0.2, 0.25) is 0 Å². The van der Waals surface area contributed by atoms with Crippen molar-refractivity contribution in [3.8, 4) is 0 Å². The van der Waals surface area contributed by atoms with E-state index >= 15 is 0 Å². The third kappa shape index (κ3) is 3.07. The van der Waals surface area contributed by atoms with Gasteiger partial charge in [-0.3, -0.25) is 4.79 Å². The summed E-state index contributed by atoms with van der Waals surface area (Å²) in [5, 5.41) is 25.1. The Hall–Kier alpha value is -1.43. The van der Waals surface area contributed by atoms with Crippen LogP contribution in [0.3, 0.4) is 0 Å². The SMILES string of the molecule is O=C(O)CC1(NCC(O)c2ccccc2)CNC1. The predicted octanol–water partition coefficient (Wildman–Crippen LogP) is 0.126. The van der Waals surface area contributed by atoms with Crippen LogP contribution in [0.5, 0.6) is 0 Å². The van der Waals surface area contributed by atoms with Crippen molar-refractivity contribution in [2.45, 2.75) is 18.1 Å². The first-order valence-corrected chi connectivity index (χ1v) is 6.02. The normalized spacial score (nSPS) is 18.9. The molecule has 4 N–H and O–H groups in total. The number of carboxylic acid groups (broad SMARTS) is 1. The van der Waals surface area contributed by atoms with Crippen LogP contribution in [0.15, 0.2) is 30.3 Å². The van der Waals surface area contributed by atoms with Crippen LogP contribution in [-0.2, 0) is 4.79 Å². The molecule has 1 heterocycles. The molecule has 0 saturated carbocycles. The van der Waals surface area contributed by atoms with Crippen molar-refractivity contribution < 1.29 is 15.0 Å². The van der Waals surface area contributed by atoms with Crippen LogP contribution >= 0.6 is 0 Å². The van der Waals surface area contributed by atoms with Gasteiger partial charge in [0.1, 0.15) is 0 Å².